The average molecular weight is 327 g/mol. The molecule has 24 heavy (non-hydrogen) atoms. The minimum absolute atomic E-state index is 0.164. The van der Waals surface area contributed by atoms with Crippen LogP contribution in [0.1, 0.15) is 10.4 Å². The van der Waals surface area contributed by atoms with Crippen molar-refractivity contribution in [2.24, 2.45) is 0 Å². The average Bonchev–Trinajstić information content (AvgIpc) is 2.55. The van der Waals surface area contributed by atoms with Gasteiger partial charge in [-0.25, -0.2) is 4.39 Å². The standard InChI is InChI=1S/C17H13FN2O4/c18-11-5-7-12(8-6-11)19-17(24)13-3-1-2-4-14(13)20-15(21)9-10-16(22)23/h1-10H,(H,19,24)(H,20,21)(H,22,23)/p-1/b10-9-. The number of aliphatic carboxylic acids is 1. The summed E-state index contributed by atoms with van der Waals surface area (Å²) in [6.07, 6.45) is 1.36. The third-order valence-electron chi connectivity index (χ3n) is 2.90. The molecule has 0 aliphatic heterocycles. The van der Waals surface area contributed by atoms with Crippen LogP contribution < -0.4 is 15.7 Å². The van der Waals surface area contributed by atoms with Gasteiger partial charge >= 0.3 is 0 Å². The third kappa shape index (κ3) is 4.77. The van der Waals surface area contributed by atoms with Crippen LogP contribution in [0.25, 0.3) is 0 Å². The number of amides is 2. The van der Waals surface area contributed by atoms with E-state index in [2.05, 4.69) is 10.6 Å². The summed E-state index contributed by atoms with van der Waals surface area (Å²) in [5.74, 6) is -3.17. The zero-order valence-electron chi connectivity index (χ0n) is 12.3. The Balaban J connectivity index is 2.15. The normalized spacial score (nSPS) is 10.4. The fourth-order valence-electron chi connectivity index (χ4n) is 1.84. The maximum absolute atomic E-state index is 12.9. The Hall–Kier alpha value is -3.48. The molecule has 0 aliphatic rings. The molecule has 0 saturated carbocycles. The van der Waals surface area contributed by atoms with Crippen molar-refractivity contribution in [3.63, 3.8) is 0 Å². The van der Waals surface area contributed by atoms with E-state index in [9.17, 15) is 23.9 Å². The summed E-state index contributed by atoms with van der Waals surface area (Å²) in [5.41, 5.74) is 0.751. The number of carbonyl (C=O) groups is 3. The van der Waals surface area contributed by atoms with Crippen LogP contribution in [0.3, 0.4) is 0 Å². The quantitative estimate of drug-likeness (QED) is 0.809. The Kier molecular flexibility index (Phi) is 5.40. The number of benzene rings is 2. The zero-order valence-corrected chi connectivity index (χ0v) is 12.3. The SMILES string of the molecule is O=C([O-])/C=C\C(=O)Nc1ccccc1C(=O)Nc1ccc(F)cc1. The number of para-hydroxylation sites is 1. The van der Waals surface area contributed by atoms with E-state index in [4.69, 9.17) is 0 Å². The highest BCUT2D eigenvalue weighted by atomic mass is 19.1. The van der Waals surface area contributed by atoms with Crippen molar-refractivity contribution in [2.45, 2.75) is 0 Å². The van der Waals surface area contributed by atoms with Gasteiger partial charge in [0, 0.05) is 11.8 Å². The molecule has 2 N–H and O–H groups in total. The lowest BCUT2D eigenvalue weighted by molar-refractivity contribution is -0.297. The van der Waals surface area contributed by atoms with E-state index < -0.39 is 23.6 Å². The summed E-state index contributed by atoms with van der Waals surface area (Å²) in [6.45, 7) is 0. The van der Waals surface area contributed by atoms with Crippen LogP contribution in [-0.4, -0.2) is 17.8 Å². The topological polar surface area (TPSA) is 98.3 Å². The van der Waals surface area contributed by atoms with Gasteiger partial charge in [0.25, 0.3) is 5.91 Å². The summed E-state index contributed by atoms with van der Waals surface area (Å²) < 4.78 is 12.9. The highest BCUT2D eigenvalue weighted by molar-refractivity contribution is 6.11. The maximum atomic E-state index is 12.9. The number of rotatable bonds is 5. The molecule has 0 unspecified atom stereocenters. The summed E-state index contributed by atoms with van der Waals surface area (Å²) in [5, 5.41) is 15.3. The van der Waals surface area contributed by atoms with E-state index in [-0.39, 0.29) is 11.3 Å². The molecule has 0 bridgehead atoms. The lowest BCUT2D eigenvalue weighted by Gasteiger charge is -2.10. The van der Waals surface area contributed by atoms with Gasteiger partial charge in [-0.05, 0) is 42.5 Å². The molecule has 2 aromatic carbocycles. The van der Waals surface area contributed by atoms with Gasteiger partial charge in [-0.3, -0.25) is 9.59 Å². The molecule has 0 fully saturated rings. The highest BCUT2D eigenvalue weighted by Crippen LogP contribution is 2.17. The van der Waals surface area contributed by atoms with Gasteiger partial charge in [-0.1, -0.05) is 12.1 Å². The molecule has 7 heteroatoms. The Morgan fingerprint density at radius 3 is 2.25 bits per heavy atom. The number of carboxylic acid groups (broad SMARTS) is 1. The van der Waals surface area contributed by atoms with Crippen molar-refractivity contribution in [3.05, 3.63) is 72.1 Å². The van der Waals surface area contributed by atoms with Gasteiger partial charge < -0.3 is 20.5 Å². The van der Waals surface area contributed by atoms with E-state index >= 15 is 0 Å². The zero-order chi connectivity index (χ0) is 17.5. The molecule has 6 nitrogen and oxygen atoms in total. The second-order valence-corrected chi connectivity index (χ2v) is 4.65. The predicted molar refractivity (Wildman–Crippen MR) is 83.6 cm³/mol. The van der Waals surface area contributed by atoms with Crippen LogP contribution in [0.5, 0.6) is 0 Å². The van der Waals surface area contributed by atoms with Crippen LogP contribution in [0.15, 0.2) is 60.7 Å². The second kappa shape index (κ2) is 7.68. The Morgan fingerprint density at radius 1 is 0.917 bits per heavy atom. The van der Waals surface area contributed by atoms with Crippen LogP contribution in [0.2, 0.25) is 0 Å². The van der Waals surface area contributed by atoms with Crippen molar-refractivity contribution >= 4 is 29.2 Å². The van der Waals surface area contributed by atoms with Crippen molar-refractivity contribution in [3.8, 4) is 0 Å². The minimum Gasteiger partial charge on any atom is -0.545 e. The molecule has 0 aliphatic carbocycles. The number of carbonyl (C=O) groups excluding carboxylic acids is 3. The third-order valence-corrected chi connectivity index (χ3v) is 2.90. The molecule has 0 radical (unpaired) electrons. The van der Waals surface area contributed by atoms with Crippen LogP contribution in [0, 0.1) is 5.82 Å². The van der Waals surface area contributed by atoms with Gasteiger partial charge in [0.05, 0.1) is 17.2 Å². The highest BCUT2D eigenvalue weighted by Gasteiger charge is 2.12. The summed E-state index contributed by atoms with van der Waals surface area (Å²) >= 11 is 0. The van der Waals surface area contributed by atoms with E-state index in [1.54, 1.807) is 12.1 Å². The van der Waals surface area contributed by atoms with E-state index in [1.807, 2.05) is 0 Å². The first-order valence-corrected chi connectivity index (χ1v) is 6.81. The van der Waals surface area contributed by atoms with Gasteiger partial charge in [-0.2, -0.15) is 0 Å². The lowest BCUT2D eigenvalue weighted by Crippen LogP contribution is -2.20. The van der Waals surface area contributed by atoms with Crippen LogP contribution in [-0.2, 0) is 9.59 Å². The minimum atomic E-state index is -1.51. The molecule has 2 amide bonds. The predicted octanol–water partition coefficient (Wildman–Crippen LogP) is 1.32. The molecule has 0 atom stereocenters. The molecule has 0 heterocycles. The summed E-state index contributed by atoms with van der Waals surface area (Å²) in [6, 6.07) is 11.4. The fraction of sp³-hybridized carbons (Fsp3) is 0. The van der Waals surface area contributed by atoms with Gasteiger partial charge in [0.2, 0.25) is 5.91 Å². The van der Waals surface area contributed by atoms with Crippen molar-refractivity contribution in [2.75, 3.05) is 10.6 Å². The first kappa shape index (κ1) is 16.9. The van der Waals surface area contributed by atoms with Crippen molar-refractivity contribution in [1.29, 1.82) is 0 Å². The molecular weight excluding hydrogens is 315 g/mol. The number of carboxylic acids is 1. The molecule has 0 saturated heterocycles. The van der Waals surface area contributed by atoms with Gasteiger partial charge in [0.1, 0.15) is 5.82 Å². The lowest BCUT2D eigenvalue weighted by atomic mass is 10.1. The Bertz CT molecular complexity index is 800. The monoisotopic (exact) mass is 327 g/mol. The Labute approximate surface area is 136 Å². The number of hydrogen-bond donors (Lipinski definition) is 2. The smallest absolute Gasteiger partial charge is 0.257 e. The largest absolute Gasteiger partial charge is 0.545 e. The molecule has 0 aromatic heterocycles. The van der Waals surface area contributed by atoms with Crippen molar-refractivity contribution < 1.29 is 23.9 Å². The number of anilines is 2. The van der Waals surface area contributed by atoms with Gasteiger partial charge in [0.15, 0.2) is 0 Å². The summed E-state index contributed by atoms with van der Waals surface area (Å²) in [4.78, 5) is 34.2. The van der Waals surface area contributed by atoms with E-state index in [1.165, 1.54) is 36.4 Å². The molecule has 2 rings (SSSR count). The molecule has 122 valence electrons. The van der Waals surface area contributed by atoms with Crippen LogP contribution >= 0.6 is 0 Å². The number of halogens is 1. The summed E-state index contributed by atoms with van der Waals surface area (Å²) in [7, 11) is 0. The van der Waals surface area contributed by atoms with Crippen LogP contribution in [0.4, 0.5) is 15.8 Å². The molecule has 0 spiro atoms. The number of nitrogens with one attached hydrogen (secondary N) is 2. The maximum Gasteiger partial charge on any atom is 0.257 e. The van der Waals surface area contributed by atoms with Crippen molar-refractivity contribution in [1.82, 2.24) is 0 Å². The fourth-order valence-corrected chi connectivity index (χ4v) is 1.84. The van der Waals surface area contributed by atoms with E-state index in [0.717, 1.165) is 6.08 Å². The first-order chi connectivity index (χ1) is 11.5. The molecule has 2 aromatic rings. The Morgan fingerprint density at radius 2 is 1.58 bits per heavy atom. The number of hydrogen-bond acceptors (Lipinski definition) is 4. The van der Waals surface area contributed by atoms with Gasteiger partial charge in [-0.15, -0.1) is 0 Å². The molecular formula is C17H12FN2O4-. The first-order valence-electron chi connectivity index (χ1n) is 6.81. The van der Waals surface area contributed by atoms with E-state index in [0.29, 0.717) is 11.8 Å². The second-order valence-electron chi connectivity index (χ2n) is 4.65.